The first kappa shape index (κ1) is 15.0. The number of aliphatic carboxylic acids is 2. The third-order valence-electron chi connectivity index (χ3n) is 3.61. The molecule has 0 radical (unpaired) electrons. The lowest BCUT2D eigenvalue weighted by Gasteiger charge is -2.25. The average Bonchev–Trinajstić information content (AvgIpc) is 2.81. The van der Waals surface area contributed by atoms with Crippen molar-refractivity contribution in [2.24, 2.45) is 0 Å². The van der Waals surface area contributed by atoms with Gasteiger partial charge in [0.2, 0.25) is 5.78 Å². The number of benzene rings is 1. The first-order chi connectivity index (χ1) is 9.83. The lowest BCUT2D eigenvalue weighted by Crippen LogP contribution is -2.43. The summed E-state index contributed by atoms with van der Waals surface area (Å²) in [6.07, 6.45) is -1.18. The maximum Gasteiger partial charge on any atom is 0.372 e. The zero-order valence-electron chi connectivity index (χ0n) is 11.1. The fraction of sp³-hybridized carbons (Fsp3) is 0.357. The van der Waals surface area contributed by atoms with E-state index in [4.69, 9.17) is 10.2 Å². The highest BCUT2D eigenvalue weighted by atomic mass is 16.4. The molecule has 0 saturated heterocycles. The van der Waals surface area contributed by atoms with E-state index in [1.807, 2.05) is 12.1 Å². The molecule has 1 aliphatic heterocycles. The number of para-hydroxylation sites is 1. The number of carbonyl (C=O) groups excluding carboxylic acids is 1. The van der Waals surface area contributed by atoms with Crippen LogP contribution in [0.3, 0.4) is 0 Å². The van der Waals surface area contributed by atoms with Gasteiger partial charge in [-0.3, -0.25) is 4.79 Å². The van der Waals surface area contributed by atoms with Crippen LogP contribution in [0.4, 0.5) is 5.69 Å². The maximum absolute atomic E-state index is 11.3. The van der Waals surface area contributed by atoms with E-state index in [0.717, 1.165) is 11.3 Å². The fourth-order valence-electron chi connectivity index (χ4n) is 2.52. The Balaban J connectivity index is 2.20. The van der Waals surface area contributed by atoms with Crippen LogP contribution in [0.2, 0.25) is 0 Å². The van der Waals surface area contributed by atoms with Crippen molar-refractivity contribution in [3.05, 3.63) is 29.8 Å². The number of anilines is 1. The van der Waals surface area contributed by atoms with E-state index in [0.29, 0.717) is 6.54 Å². The second-order valence-corrected chi connectivity index (χ2v) is 5.11. The van der Waals surface area contributed by atoms with Crippen molar-refractivity contribution in [1.82, 2.24) is 0 Å². The van der Waals surface area contributed by atoms with Gasteiger partial charge in [0.1, 0.15) is 0 Å². The topological polar surface area (TPSA) is 124 Å². The van der Waals surface area contributed by atoms with E-state index in [1.165, 1.54) is 0 Å². The molecule has 112 valence electrons. The van der Waals surface area contributed by atoms with Crippen LogP contribution in [-0.4, -0.2) is 45.2 Å². The Morgan fingerprint density at radius 2 is 1.90 bits per heavy atom. The van der Waals surface area contributed by atoms with Crippen LogP contribution in [0.5, 0.6) is 0 Å². The first-order valence-electron chi connectivity index (χ1n) is 6.38. The van der Waals surface area contributed by atoms with Gasteiger partial charge in [-0.15, -0.1) is 0 Å². The van der Waals surface area contributed by atoms with Gasteiger partial charge in [0.15, 0.2) is 5.60 Å². The van der Waals surface area contributed by atoms with Crippen molar-refractivity contribution in [2.75, 3.05) is 11.9 Å². The van der Waals surface area contributed by atoms with Crippen LogP contribution >= 0.6 is 0 Å². The molecule has 0 amide bonds. The van der Waals surface area contributed by atoms with E-state index in [9.17, 15) is 19.5 Å². The van der Waals surface area contributed by atoms with Gasteiger partial charge in [-0.05, 0) is 18.1 Å². The van der Waals surface area contributed by atoms with E-state index in [-0.39, 0.29) is 12.3 Å². The summed E-state index contributed by atoms with van der Waals surface area (Å²) < 4.78 is 0. The number of nitrogens with one attached hydrogen (secondary N) is 1. The molecule has 1 heterocycles. The van der Waals surface area contributed by atoms with Crippen LogP contribution in [0.25, 0.3) is 0 Å². The number of carboxylic acids is 2. The van der Waals surface area contributed by atoms with Crippen molar-refractivity contribution in [1.29, 1.82) is 0 Å². The molecule has 2 unspecified atom stereocenters. The van der Waals surface area contributed by atoms with Crippen molar-refractivity contribution in [2.45, 2.75) is 24.4 Å². The predicted octanol–water partition coefficient (Wildman–Crippen LogP) is 0.445. The number of carbonyl (C=O) groups is 3. The minimum atomic E-state index is -2.39. The highest BCUT2D eigenvalue weighted by molar-refractivity contribution is 6.33. The molecule has 0 aliphatic carbocycles. The van der Waals surface area contributed by atoms with Crippen molar-refractivity contribution < 1.29 is 29.7 Å². The predicted molar refractivity (Wildman–Crippen MR) is 72.1 cm³/mol. The Hall–Kier alpha value is -2.41. The van der Waals surface area contributed by atoms with Crippen LogP contribution in [0.1, 0.15) is 24.3 Å². The van der Waals surface area contributed by atoms with Gasteiger partial charge in [-0.2, -0.15) is 0 Å². The van der Waals surface area contributed by atoms with Gasteiger partial charge in [0.25, 0.3) is 0 Å². The molecule has 0 saturated carbocycles. The summed E-state index contributed by atoms with van der Waals surface area (Å²) in [5.41, 5.74) is -0.695. The zero-order chi connectivity index (χ0) is 15.6. The fourth-order valence-corrected chi connectivity index (χ4v) is 2.52. The number of hydrogen-bond donors (Lipinski definition) is 4. The summed E-state index contributed by atoms with van der Waals surface area (Å²) in [5, 5.41) is 31.0. The van der Waals surface area contributed by atoms with E-state index in [2.05, 4.69) is 5.32 Å². The second-order valence-electron chi connectivity index (χ2n) is 5.11. The smallest absolute Gasteiger partial charge is 0.372 e. The van der Waals surface area contributed by atoms with Crippen LogP contribution in [0, 0.1) is 0 Å². The van der Waals surface area contributed by atoms with Crippen molar-refractivity contribution >= 4 is 23.4 Å². The molecule has 0 bridgehead atoms. The number of aliphatic hydroxyl groups is 1. The molecular weight excluding hydrogens is 278 g/mol. The standard InChI is InChI=1S/C14H15NO6/c16-11(12(17)18)6-14(21,13(19)20)5-8-7-15-10-4-2-1-3-9(8)10/h1-4,8,15,21H,5-7H2,(H,17,18)(H,19,20). The number of fused-ring (bicyclic) bond motifs is 1. The molecule has 1 aliphatic rings. The maximum atomic E-state index is 11.3. The monoisotopic (exact) mass is 293 g/mol. The molecule has 0 spiro atoms. The average molecular weight is 293 g/mol. The molecule has 7 heteroatoms. The van der Waals surface area contributed by atoms with Crippen LogP contribution < -0.4 is 5.32 Å². The summed E-state index contributed by atoms with van der Waals surface area (Å²) >= 11 is 0. The van der Waals surface area contributed by atoms with Gasteiger partial charge >= 0.3 is 11.9 Å². The first-order valence-corrected chi connectivity index (χ1v) is 6.38. The molecule has 2 rings (SSSR count). The molecule has 1 aromatic carbocycles. The van der Waals surface area contributed by atoms with Crippen LogP contribution in [-0.2, 0) is 14.4 Å². The van der Waals surface area contributed by atoms with E-state index < -0.39 is 29.7 Å². The summed E-state index contributed by atoms with van der Waals surface area (Å²) in [4.78, 5) is 33.1. The summed E-state index contributed by atoms with van der Waals surface area (Å²) in [6, 6.07) is 7.26. The minimum absolute atomic E-state index is 0.231. The minimum Gasteiger partial charge on any atom is -0.479 e. The summed E-state index contributed by atoms with van der Waals surface area (Å²) in [7, 11) is 0. The number of ketones is 1. The number of carboxylic acid groups (broad SMARTS) is 2. The lowest BCUT2D eigenvalue weighted by atomic mass is 9.84. The molecular formula is C14H15NO6. The third-order valence-corrected chi connectivity index (χ3v) is 3.61. The Bertz CT molecular complexity index is 599. The molecule has 0 aromatic heterocycles. The van der Waals surface area contributed by atoms with Crippen LogP contribution in [0.15, 0.2) is 24.3 Å². The zero-order valence-corrected chi connectivity index (χ0v) is 11.1. The highest BCUT2D eigenvalue weighted by Gasteiger charge is 2.43. The Kier molecular flexibility index (Phi) is 3.95. The molecule has 0 fully saturated rings. The lowest BCUT2D eigenvalue weighted by molar-refractivity contribution is -0.165. The van der Waals surface area contributed by atoms with Gasteiger partial charge in [0, 0.05) is 18.2 Å². The van der Waals surface area contributed by atoms with Crippen molar-refractivity contribution in [3.63, 3.8) is 0 Å². The third kappa shape index (κ3) is 3.03. The van der Waals surface area contributed by atoms with Gasteiger partial charge in [-0.1, -0.05) is 18.2 Å². The molecule has 21 heavy (non-hydrogen) atoms. The molecule has 2 atom stereocenters. The summed E-state index contributed by atoms with van der Waals surface area (Å²) in [6.45, 7) is 0.427. The Labute approximate surface area is 120 Å². The van der Waals surface area contributed by atoms with Gasteiger partial charge in [0.05, 0.1) is 6.42 Å². The molecule has 4 N–H and O–H groups in total. The Morgan fingerprint density at radius 3 is 2.52 bits per heavy atom. The quantitative estimate of drug-likeness (QED) is 0.561. The second kappa shape index (κ2) is 5.53. The van der Waals surface area contributed by atoms with E-state index in [1.54, 1.807) is 12.1 Å². The largest absolute Gasteiger partial charge is 0.479 e. The highest BCUT2D eigenvalue weighted by Crippen LogP contribution is 2.37. The number of hydrogen-bond acceptors (Lipinski definition) is 5. The van der Waals surface area contributed by atoms with Crippen molar-refractivity contribution in [3.8, 4) is 0 Å². The normalized spacial score (nSPS) is 19.2. The SMILES string of the molecule is O=C(O)C(=O)CC(O)(CC1CNc2ccccc21)C(=O)O. The van der Waals surface area contributed by atoms with Gasteiger partial charge in [-0.25, -0.2) is 9.59 Å². The Morgan fingerprint density at radius 1 is 1.24 bits per heavy atom. The number of Topliss-reactive ketones (excluding diaryl/α,β-unsaturated/α-hetero) is 1. The molecule has 7 nitrogen and oxygen atoms in total. The van der Waals surface area contributed by atoms with E-state index >= 15 is 0 Å². The summed E-state index contributed by atoms with van der Waals surface area (Å²) in [5.74, 6) is -4.97. The molecule has 1 aromatic rings. The number of rotatable bonds is 6. The van der Waals surface area contributed by atoms with Gasteiger partial charge < -0.3 is 20.6 Å².